The SMILES string of the molecule is COC(=O)CCC(=O)OC(N)=O. The monoisotopic (exact) mass is 175 g/mol. The summed E-state index contributed by atoms with van der Waals surface area (Å²) in [6.07, 6.45) is -1.51. The number of hydrogen-bond acceptors (Lipinski definition) is 5. The first-order valence-electron chi connectivity index (χ1n) is 3.13. The second-order valence-electron chi connectivity index (χ2n) is 1.87. The van der Waals surface area contributed by atoms with Gasteiger partial charge in [0.15, 0.2) is 0 Å². The third kappa shape index (κ3) is 5.21. The molecule has 0 aromatic heterocycles. The first kappa shape index (κ1) is 10.4. The molecular weight excluding hydrogens is 166 g/mol. The number of ether oxygens (including phenoxy) is 2. The zero-order valence-electron chi connectivity index (χ0n) is 6.53. The highest BCUT2D eigenvalue weighted by Gasteiger charge is 2.09. The molecule has 68 valence electrons. The number of primary amides is 1. The molecule has 0 aliphatic heterocycles. The van der Waals surface area contributed by atoms with Crippen molar-refractivity contribution in [3.63, 3.8) is 0 Å². The molecule has 12 heavy (non-hydrogen) atoms. The lowest BCUT2D eigenvalue weighted by Gasteiger charge is -1.98. The first-order chi connectivity index (χ1) is 5.56. The quantitative estimate of drug-likeness (QED) is 0.463. The molecule has 0 aromatic carbocycles. The number of carbonyl (C=O) groups excluding carboxylic acids is 3. The van der Waals surface area contributed by atoms with Crippen LogP contribution in [0.4, 0.5) is 4.79 Å². The topological polar surface area (TPSA) is 95.7 Å². The molecule has 0 atom stereocenters. The van der Waals surface area contributed by atoms with Crippen molar-refractivity contribution in [1.29, 1.82) is 0 Å². The fraction of sp³-hybridized carbons (Fsp3) is 0.500. The normalized spacial score (nSPS) is 8.75. The molecule has 0 saturated carbocycles. The van der Waals surface area contributed by atoms with Gasteiger partial charge in [0.2, 0.25) is 0 Å². The van der Waals surface area contributed by atoms with Crippen LogP contribution in [0, 0.1) is 0 Å². The van der Waals surface area contributed by atoms with Crippen molar-refractivity contribution >= 4 is 18.0 Å². The Hall–Kier alpha value is -1.59. The summed E-state index contributed by atoms with van der Waals surface area (Å²) >= 11 is 0. The maximum Gasteiger partial charge on any atom is 0.412 e. The van der Waals surface area contributed by atoms with E-state index >= 15 is 0 Å². The maximum absolute atomic E-state index is 10.5. The molecule has 0 saturated heterocycles. The second-order valence-corrected chi connectivity index (χ2v) is 1.87. The lowest BCUT2D eigenvalue weighted by Crippen LogP contribution is -2.19. The van der Waals surface area contributed by atoms with E-state index in [-0.39, 0.29) is 12.8 Å². The van der Waals surface area contributed by atoms with Gasteiger partial charge in [0.25, 0.3) is 0 Å². The smallest absolute Gasteiger partial charge is 0.412 e. The standard InChI is InChI=1S/C6H9NO5/c1-11-4(8)2-3-5(9)12-6(7)10/h2-3H2,1H3,(H2,7,10). The van der Waals surface area contributed by atoms with Gasteiger partial charge in [0, 0.05) is 0 Å². The predicted octanol–water partition coefficient (Wildman–Crippen LogP) is -0.438. The van der Waals surface area contributed by atoms with E-state index in [1.54, 1.807) is 0 Å². The van der Waals surface area contributed by atoms with E-state index in [4.69, 9.17) is 0 Å². The van der Waals surface area contributed by atoms with Crippen molar-refractivity contribution in [2.75, 3.05) is 7.11 Å². The van der Waals surface area contributed by atoms with Crippen LogP contribution in [0.2, 0.25) is 0 Å². The molecular formula is C6H9NO5. The number of hydrogen-bond donors (Lipinski definition) is 1. The highest BCUT2D eigenvalue weighted by atomic mass is 16.6. The van der Waals surface area contributed by atoms with Gasteiger partial charge in [-0.2, -0.15) is 0 Å². The summed E-state index contributed by atoms with van der Waals surface area (Å²) in [5.74, 6) is -1.38. The zero-order valence-corrected chi connectivity index (χ0v) is 6.53. The predicted molar refractivity (Wildman–Crippen MR) is 36.9 cm³/mol. The number of methoxy groups -OCH3 is 1. The van der Waals surface area contributed by atoms with Crippen LogP contribution in [0.1, 0.15) is 12.8 Å². The van der Waals surface area contributed by atoms with Crippen LogP contribution in [0.25, 0.3) is 0 Å². The summed E-state index contributed by atoms with van der Waals surface area (Å²) < 4.78 is 8.18. The van der Waals surface area contributed by atoms with Crippen molar-refractivity contribution < 1.29 is 23.9 Å². The third-order valence-electron chi connectivity index (χ3n) is 0.975. The van der Waals surface area contributed by atoms with Gasteiger partial charge in [-0.15, -0.1) is 0 Å². The molecule has 0 fully saturated rings. The van der Waals surface area contributed by atoms with Crippen LogP contribution in [0.3, 0.4) is 0 Å². The molecule has 0 spiro atoms. The van der Waals surface area contributed by atoms with Gasteiger partial charge in [-0.1, -0.05) is 0 Å². The Morgan fingerprint density at radius 1 is 1.17 bits per heavy atom. The fourth-order valence-corrected chi connectivity index (χ4v) is 0.469. The molecule has 0 radical (unpaired) electrons. The fourth-order valence-electron chi connectivity index (χ4n) is 0.469. The largest absolute Gasteiger partial charge is 0.469 e. The van der Waals surface area contributed by atoms with Crippen LogP contribution in [-0.4, -0.2) is 25.1 Å². The molecule has 1 amide bonds. The number of esters is 2. The van der Waals surface area contributed by atoms with Crippen molar-refractivity contribution in [2.45, 2.75) is 12.8 Å². The second kappa shape index (κ2) is 5.11. The molecule has 0 rings (SSSR count). The van der Waals surface area contributed by atoms with E-state index in [1.807, 2.05) is 0 Å². The Labute approximate surface area is 68.6 Å². The molecule has 0 heterocycles. The van der Waals surface area contributed by atoms with Gasteiger partial charge in [-0.25, -0.2) is 4.79 Å². The Balaban J connectivity index is 3.57. The molecule has 0 aliphatic carbocycles. The molecule has 6 nitrogen and oxygen atoms in total. The lowest BCUT2D eigenvalue weighted by molar-refractivity contribution is -0.145. The minimum absolute atomic E-state index is 0.122. The zero-order chi connectivity index (χ0) is 9.56. The van der Waals surface area contributed by atoms with E-state index in [9.17, 15) is 14.4 Å². The first-order valence-corrected chi connectivity index (χ1v) is 3.13. The summed E-state index contributed by atoms with van der Waals surface area (Å²) in [5, 5.41) is 0. The number of rotatable bonds is 3. The third-order valence-corrected chi connectivity index (χ3v) is 0.975. The maximum atomic E-state index is 10.5. The summed E-state index contributed by atoms with van der Waals surface area (Å²) in [6.45, 7) is 0. The average Bonchev–Trinajstić information content (AvgIpc) is 1.99. The van der Waals surface area contributed by atoms with Gasteiger partial charge in [0.05, 0.1) is 20.0 Å². The Kier molecular flexibility index (Phi) is 4.43. The molecule has 0 unspecified atom stereocenters. The lowest BCUT2D eigenvalue weighted by atomic mass is 10.3. The highest BCUT2D eigenvalue weighted by molar-refractivity contribution is 5.85. The van der Waals surface area contributed by atoms with Crippen LogP contribution in [0.5, 0.6) is 0 Å². The van der Waals surface area contributed by atoms with E-state index < -0.39 is 18.0 Å². The number of amides is 1. The van der Waals surface area contributed by atoms with Crippen LogP contribution in [-0.2, 0) is 19.1 Å². The van der Waals surface area contributed by atoms with Crippen molar-refractivity contribution in [1.82, 2.24) is 0 Å². The van der Waals surface area contributed by atoms with Gasteiger partial charge >= 0.3 is 18.0 Å². The van der Waals surface area contributed by atoms with Gasteiger partial charge < -0.3 is 15.2 Å². The Morgan fingerprint density at radius 3 is 2.08 bits per heavy atom. The van der Waals surface area contributed by atoms with Crippen LogP contribution in [0.15, 0.2) is 0 Å². The number of carbonyl (C=O) groups is 3. The average molecular weight is 175 g/mol. The molecule has 0 aromatic rings. The van der Waals surface area contributed by atoms with Crippen molar-refractivity contribution in [2.24, 2.45) is 5.73 Å². The van der Waals surface area contributed by atoms with E-state index in [0.717, 1.165) is 0 Å². The molecule has 6 heteroatoms. The van der Waals surface area contributed by atoms with Gasteiger partial charge in [-0.05, 0) is 0 Å². The summed E-state index contributed by atoms with van der Waals surface area (Å²) in [5.41, 5.74) is 4.53. The molecule has 0 bridgehead atoms. The van der Waals surface area contributed by atoms with E-state index in [0.29, 0.717) is 0 Å². The van der Waals surface area contributed by atoms with E-state index in [2.05, 4.69) is 15.2 Å². The minimum Gasteiger partial charge on any atom is -0.469 e. The van der Waals surface area contributed by atoms with Crippen molar-refractivity contribution in [3.8, 4) is 0 Å². The minimum atomic E-state index is -1.18. The summed E-state index contributed by atoms with van der Waals surface area (Å²) in [6, 6.07) is 0. The van der Waals surface area contributed by atoms with Gasteiger partial charge in [0.1, 0.15) is 0 Å². The van der Waals surface area contributed by atoms with E-state index in [1.165, 1.54) is 7.11 Å². The highest BCUT2D eigenvalue weighted by Crippen LogP contribution is 1.94. The Morgan fingerprint density at radius 2 is 1.67 bits per heavy atom. The van der Waals surface area contributed by atoms with Crippen LogP contribution < -0.4 is 5.73 Å². The molecule has 0 aliphatic rings. The summed E-state index contributed by atoms with van der Waals surface area (Å²) in [7, 11) is 1.20. The van der Waals surface area contributed by atoms with Gasteiger partial charge in [-0.3, -0.25) is 9.59 Å². The Bertz CT molecular complexity index is 200. The summed E-state index contributed by atoms with van der Waals surface area (Å²) in [4.78, 5) is 31.0. The van der Waals surface area contributed by atoms with Crippen LogP contribution >= 0.6 is 0 Å². The number of nitrogens with two attached hydrogens (primary N) is 1. The molecule has 2 N–H and O–H groups in total. The van der Waals surface area contributed by atoms with Crippen molar-refractivity contribution in [3.05, 3.63) is 0 Å².